The van der Waals surface area contributed by atoms with Gasteiger partial charge >= 0.3 is 5.97 Å². The van der Waals surface area contributed by atoms with Gasteiger partial charge in [-0.2, -0.15) is 0 Å². The van der Waals surface area contributed by atoms with Crippen LogP contribution in [0.15, 0.2) is 0 Å². The molecule has 1 aliphatic heterocycles. The minimum atomic E-state index is -0.198. The zero-order valence-electron chi connectivity index (χ0n) is 17.5. The molecule has 0 aliphatic carbocycles. The molecule has 0 radical (unpaired) electrons. The van der Waals surface area contributed by atoms with Crippen molar-refractivity contribution in [2.45, 2.75) is 64.2 Å². The van der Waals surface area contributed by atoms with Gasteiger partial charge in [-0.05, 0) is 39.3 Å². The van der Waals surface area contributed by atoms with E-state index in [9.17, 15) is 9.59 Å². The van der Waals surface area contributed by atoms with Crippen molar-refractivity contribution in [3.8, 4) is 0 Å². The van der Waals surface area contributed by atoms with Gasteiger partial charge in [-0.15, -0.1) is 0 Å². The highest BCUT2D eigenvalue weighted by molar-refractivity contribution is 5.78. The monoisotopic (exact) mass is 384 g/mol. The van der Waals surface area contributed by atoms with Crippen LogP contribution in [0, 0.1) is 0 Å². The van der Waals surface area contributed by atoms with Crippen LogP contribution in [0.5, 0.6) is 0 Å². The van der Waals surface area contributed by atoms with Crippen LogP contribution in [0.2, 0.25) is 0 Å². The number of piperazine rings is 1. The largest absolute Gasteiger partial charge is 0.463 e. The van der Waals surface area contributed by atoms with Crippen LogP contribution >= 0.6 is 0 Å². The van der Waals surface area contributed by atoms with Crippen LogP contribution in [0.25, 0.3) is 0 Å². The zero-order valence-corrected chi connectivity index (χ0v) is 17.5. The van der Waals surface area contributed by atoms with Crippen molar-refractivity contribution in [3.05, 3.63) is 0 Å². The maximum absolute atomic E-state index is 11.9. The SMILES string of the molecule is COCCOC(=O)CCCCC(=O)CCCCCCCN1CCN(C)CC1. The third kappa shape index (κ3) is 13.8. The van der Waals surface area contributed by atoms with Crippen LogP contribution in [0.1, 0.15) is 64.2 Å². The second-order valence-corrected chi connectivity index (χ2v) is 7.62. The van der Waals surface area contributed by atoms with Crippen molar-refractivity contribution in [2.24, 2.45) is 0 Å². The van der Waals surface area contributed by atoms with E-state index in [1.165, 1.54) is 52.0 Å². The molecule has 0 spiro atoms. The van der Waals surface area contributed by atoms with E-state index in [-0.39, 0.29) is 5.97 Å². The van der Waals surface area contributed by atoms with Crippen molar-refractivity contribution in [1.82, 2.24) is 9.80 Å². The number of esters is 1. The molecule has 0 amide bonds. The molecule has 0 N–H and O–H groups in total. The smallest absolute Gasteiger partial charge is 0.305 e. The lowest BCUT2D eigenvalue weighted by molar-refractivity contribution is -0.145. The lowest BCUT2D eigenvalue weighted by atomic mass is 10.0. The predicted molar refractivity (Wildman–Crippen MR) is 108 cm³/mol. The van der Waals surface area contributed by atoms with E-state index in [1.807, 2.05) is 0 Å². The molecule has 1 heterocycles. The Kier molecular flexibility index (Phi) is 14.3. The summed E-state index contributed by atoms with van der Waals surface area (Å²) in [6.45, 7) is 6.75. The van der Waals surface area contributed by atoms with Crippen molar-refractivity contribution in [1.29, 1.82) is 0 Å². The van der Waals surface area contributed by atoms with Gasteiger partial charge in [-0.3, -0.25) is 9.59 Å². The summed E-state index contributed by atoms with van der Waals surface area (Å²) in [5.74, 6) is 0.135. The van der Waals surface area contributed by atoms with Crippen LogP contribution in [-0.4, -0.2) is 81.6 Å². The number of Topliss-reactive ketones (excluding diaryl/α,β-unsaturated/α-hetero) is 1. The van der Waals surface area contributed by atoms with E-state index < -0.39 is 0 Å². The Morgan fingerprint density at radius 3 is 2.07 bits per heavy atom. The van der Waals surface area contributed by atoms with E-state index >= 15 is 0 Å². The molecule has 0 atom stereocenters. The topological polar surface area (TPSA) is 59.1 Å². The number of unbranched alkanes of at least 4 members (excludes halogenated alkanes) is 5. The second kappa shape index (κ2) is 16.0. The summed E-state index contributed by atoms with van der Waals surface area (Å²) in [5.41, 5.74) is 0. The molecule has 1 saturated heterocycles. The van der Waals surface area contributed by atoms with Crippen LogP contribution < -0.4 is 0 Å². The molecular weight excluding hydrogens is 344 g/mol. The molecule has 1 rings (SSSR count). The van der Waals surface area contributed by atoms with Gasteiger partial charge in [0.05, 0.1) is 6.61 Å². The highest BCUT2D eigenvalue weighted by atomic mass is 16.6. The van der Waals surface area contributed by atoms with Crippen LogP contribution in [-0.2, 0) is 19.1 Å². The first kappa shape index (κ1) is 24.1. The average Bonchev–Trinajstić information content (AvgIpc) is 2.66. The molecule has 6 heteroatoms. The number of likely N-dealkylation sites (N-methyl/N-ethyl adjacent to an activating group) is 1. The minimum absolute atomic E-state index is 0.198. The highest BCUT2D eigenvalue weighted by Gasteiger charge is 2.12. The van der Waals surface area contributed by atoms with Crippen molar-refractivity contribution >= 4 is 11.8 Å². The summed E-state index contributed by atoms with van der Waals surface area (Å²) in [7, 11) is 3.77. The number of rotatable bonds is 16. The van der Waals surface area contributed by atoms with Gasteiger partial charge in [0.2, 0.25) is 0 Å². The standard InChI is InChI=1S/C21H40N2O4/c1-22-14-16-23(17-15-22)13-9-5-3-4-6-10-20(24)11-7-8-12-21(25)27-19-18-26-2/h3-19H2,1-2H3. The Labute approximate surface area is 165 Å². The fourth-order valence-electron chi connectivity index (χ4n) is 3.29. The average molecular weight is 385 g/mol. The first-order chi connectivity index (χ1) is 13.1. The summed E-state index contributed by atoms with van der Waals surface area (Å²) in [4.78, 5) is 28.2. The molecule has 1 aliphatic rings. The highest BCUT2D eigenvalue weighted by Crippen LogP contribution is 2.10. The number of nitrogens with zero attached hydrogens (tertiary/aromatic N) is 2. The molecule has 1 fully saturated rings. The third-order valence-corrected chi connectivity index (χ3v) is 5.16. The van der Waals surface area contributed by atoms with Gasteiger partial charge < -0.3 is 19.3 Å². The molecule has 0 aromatic heterocycles. The van der Waals surface area contributed by atoms with Gasteiger partial charge in [0.15, 0.2) is 0 Å². The molecule has 0 aromatic rings. The quantitative estimate of drug-likeness (QED) is 0.301. The molecule has 0 unspecified atom stereocenters. The zero-order chi connectivity index (χ0) is 19.7. The first-order valence-electron chi connectivity index (χ1n) is 10.7. The minimum Gasteiger partial charge on any atom is -0.463 e. The van der Waals surface area contributed by atoms with E-state index in [4.69, 9.17) is 9.47 Å². The molecule has 6 nitrogen and oxygen atoms in total. The Balaban J connectivity index is 1.83. The fraction of sp³-hybridized carbons (Fsp3) is 0.905. The van der Waals surface area contributed by atoms with E-state index in [1.54, 1.807) is 7.11 Å². The molecule has 0 aromatic carbocycles. The summed E-state index contributed by atoms with van der Waals surface area (Å²) in [5, 5.41) is 0. The van der Waals surface area contributed by atoms with Crippen molar-refractivity contribution in [3.63, 3.8) is 0 Å². The van der Waals surface area contributed by atoms with Crippen LogP contribution in [0.4, 0.5) is 0 Å². The predicted octanol–water partition coefficient (Wildman–Crippen LogP) is 2.89. The molecule has 27 heavy (non-hydrogen) atoms. The van der Waals surface area contributed by atoms with Gasteiger partial charge in [0, 0.05) is 52.6 Å². The number of carbonyl (C=O) groups is 2. The second-order valence-electron chi connectivity index (χ2n) is 7.62. The fourth-order valence-corrected chi connectivity index (χ4v) is 3.29. The van der Waals surface area contributed by atoms with Crippen LogP contribution in [0.3, 0.4) is 0 Å². The summed E-state index contributed by atoms with van der Waals surface area (Å²) < 4.78 is 9.81. The maximum Gasteiger partial charge on any atom is 0.305 e. The lowest BCUT2D eigenvalue weighted by Crippen LogP contribution is -2.44. The molecule has 0 bridgehead atoms. The van der Waals surface area contributed by atoms with Gasteiger partial charge in [0.1, 0.15) is 12.4 Å². The Bertz CT molecular complexity index is 396. The number of ketones is 1. The van der Waals surface area contributed by atoms with E-state index in [0.717, 1.165) is 25.7 Å². The number of hydrogen-bond acceptors (Lipinski definition) is 6. The Morgan fingerprint density at radius 2 is 1.37 bits per heavy atom. The Morgan fingerprint density at radius 1 is 0.778 bits per heavy atom. The van der Waals surface area contributed by atoms with Gasteiger partial charge in [-0.25, -0.2) is 0 Å². The number of carbonyl (C=O) groups excluding carboxylic acids is 2. The molecule has 158 valence electrons. The third-order valence-electron chi connectivity index (χ3n) is 5.16. The lowest BCUT2D eigenvalue weighted by Gasteiger charge is -2.32. The number of hydrogen-bond donors (Lipinski definition) is 0. The summed E-state index contributed by atoms with van der Waals surface area (Å²) >= 11 is 0. The van der Waals surface area contributed by atoms with E-state index in [2.05, 4.69) is 16.8 Å². The van der Waals surface area contributed by atoms with Crippen molar-refractivity contribution in [2.75, 3.05) is 60.1 Å². The van der Waals surface area contributed by atoms with E-state index in [0.29, 0.717) is 38.3 Å². The maximum atomic E-state index is 11.9. The normalized spacial score (nSPS) is 15.8. The van der Waals surface area contributed by atoms with Gasteiger partial charge in [0.25, 0.3) is 0 Å². The number of methoxy groups -OCH3 is 1. The molecule has 0 saturated carbocycles. The van der Waals surface area contributed by atoms with Gasteiger partial charge in [-0.1, -0.05) is 19.3 Å². The summed E-state index contributed by atoms with van der Waals surface area (Å²) in [6, 6.07) is 0. The number of ether oxygens (including phenoxy) is 2. The molecular formula is C21H40N2O4. The Hall–Kier alpha value is -0.980. The summed E-state index contributed by atoms with van der Waals surface area (Å²) in [6.07, 6.45) is 9.12. The first-order valence-corrected chi connectivity index (χ1v) is 10.7. The van der Waals surface area contributed by atoms with Crippen molar-refractivity contribution < 1.29 is 19.1 Å².